The summed E-state index contributed by atoms with van der Waals surface area (Å²) in [6, 6.07) is 8.86. The minimum atomic E-state index is -0.928. The Morgan fingerprint density at radius 1 is 1.00 bits per heavy atom. The van der Waals surface area contributed by atoms with Gasteiger partial charge in [-0.1, -0.05) is 0 Å². The Balaban J connectivity index is 2.08. The van der Waals surface area contributed by atoms with E-state index in [1.165, 1.54) is 0 Å². The van der Waals surface area contributed by atoms with Crippen molar-refractivity contribution in [2.24, 2.45) is 0 Å². The minimum Gasteiger partial charge on any atom is -0.496 e. The van der Waals surface area contributed by atoms with E-state index in [4.69, 9.17) is 14.2 Å². The van der Waals surface area contributed by atoms with Gasteiger partial charge in [0.1, 0.15) is 24.3 Å². The number of nitrogens with zero attached hydrogens (tertiary/aromatic N) is 1. The first-order valence-electron chi connectivity index (χ1n) is 9.21. The Kier molecular flexibility index (Phi) is 5.38. The van der Waals surface area contributed by atoms with Crippen LogP contribution < -0.4 is 14.2 Å². The van der Waals surface area contributed by atoms with Crippen LogP contribution in [0.4, 0.5) is 5.69 Å². The highest BCUT2D eigenvalue weighted by Gasteiger charge is 2.43. The SMILES string of the molecule is COc1cc(OC)c(/C=C/C2=[N+](C)c3ccc(C(=O)O)cc3C2(C)C)c(OC)c1. The lowest BCUT2D eigenvalue weighted by molar-refractivity contribution is -0.401. The van der Waals surface area contributed by atoms with Gasteiger partial charge < -0.3 is 19.3 Å². The standard InChI is InChI=1S/C23H25NO5/c1-23(2)17-11-14(22(25)26)7-9-18(17)24(3)21(23)10-8-16-19(28-5)12-15(27-4)13-20(16)29-6/h7-13H,1-6H3/p+1/b10-8+. The van der Waals surface area contributed by atoms with Gasteiger partial charge in [-0.25, -0.2) is 4.79 Å². The maximum Gasteiger partial charge on any atom is 0.335 e. The van der Waals surface area contributed by atoms with E-state index >= 15 is 0 Å². The van der Waals surface area contributed by atoms with Crippen molar-refractivity contribution in [3.8, 4) is 17.2 Å². The van der Waals surface area contributed by atoms with Crippen LogP contribution in [0.1, 0.15) is 35.3 Å². The van der Waals surface area contributed by atoms with Crippen LogP contribution in [-0.4, -0.2) is 49.7 Å². The molecule has 152 valence electrons. The molecule has 1 aliphatic heterocycles. The monoisotopic (exact) mass is 396 g/mol. The van der Waals surface area contributed by atoms with Crippen molar-refractivity contribution in [2.75, 3.05) is 28.4 Å². The Bertz CT molecular complexity index is 1010. The summed E-state index contributed by atoms with van der Waals surface area (Å²) in [6.45, 7) is 4.17. The van der Waals surface area contributed by atoms with Gasteiger partial charge in [0, 0.05) is 29.8 Å². The van der Waals surface area contributed by atoms with E-state index in [1.807, 2.05) is 37.4 Å². The van der Waals surface area contributed by atoms with E-state index in [0.29, 0.717) is 17.2 Å². The van der Waals surface area contributed by atoms with Gasteiger partial charge in [-0.3, -0.25) is 0 Å². The number of rotatable bonds is 6. The molecule has 0 saturated heterocycles. The summed E-state index contributed by atoms with van der Waals surface area (Å²) in [7, 11) is 6.79. The van der Waals surface area contributed by atoms with Gasteiger partial charge >= 0.3 is 5.97 Å². The number of ether oxygens (including phenoxy) is 3. The van der Waals surface area contributed by atoms with E-state index in [-0.39, 0.29) is 11.0 Å². The summed E-state index contributed by atoms with van der Waals surface area (Å²) in [5.74, 6) is 1.00. The second-order valence-corrected chi connectivity index (χ2v) is 7.39. The molecule has 0 radical (unpaired) electrons. The van der Waals surface area contributed by atoms with Crippen LogP contribution in [0, 0.1) is 0 Å². The van der Waals surface area contributed by atoms with Crippen LogP contribution in [0.15, 0.2) is 36.4 Å². The van der Waals surface area contributed by atoms with Crippen LogP contribution in [0.5, 0.6) is 17.2 Å². The summed E-state index contributed by atoms with van der Waals surface area (Å²) < 4.78 is 18.5. The topological polar surface area (TPSA) is 68.0 Å². The first-order chi connectivity index (χ1) is 13.7. The molecule has 0 fully saturated rings. The molecule has 2 aromatic carbocycles. The third-order valence-electron chi connectivity index (χ3n) is 5.44. The molecule has 0 unspecified atom stereocenters. The molecule has 0 bridgehead atoms. The number of benzene rings is 2. The third-order valence-corrected chi connectivity index (χ3v) is 5.44. The van der Waals surface area contributed by atoms with Crippen molar-refractivity contribution in [2.45, 2.75) is 19.3 Å². The van der Waals surface area contributed by atoms with Gasteiger partial charge in [0.2, 0.25) is 5.69 Å². The van der Waals surface area contributed by atoms with E-state index in [1.54, 1.807) is 33.5 Å². The predicted molar refractivity (Wildman–Crippen MR) is 112 cm³/mol. The molecule has 3 rings (SSSR count). The number of hydrogen-bond donors (Lipinski definition) is 1. The highest BCUT2D eigenvalue weighted by molar-refractivity contribution is 6.06. The maximum atomic E-state index is 11.4. The summed E-state index contributed by atoms with van der Waals surface area (Å²) >= 11 is 0. The number of carboxylic acids is 1. The second-order valence-electron chi connectivity index (χ2n) is 7.39. The molecule has 6 nitrogen and oxygen atoms in total. The minimum absolute atomic E-state index is 0.286. The number of aromatic carboxylic acids is 1. The molecular formula is C23H26NO5+. The number of carboxylic acid groups (broad SMARTS) is 1. The largest absolute Gasteiger partial charge is 0.496 e. The second kappa shape index (κ2) is 7.62. The molecule has 1 N–H and O–H groups in total. The van der Waals surface area contributed by atoms with Crippen molar-refractivity contribution in [3.63, 3.8) is 0 Å². The Morgan fingerprint density at radius 2 is 1.62 bits per heavy atom. The molecule has 0 atom stereocenters. The van der Waals surface area contributed by atoms with Crippen LogP contribution in [-0.2, 0) is 5.41 Å². The van der Waals surface area contributed by atoms with Gasteiger partial charge in [0.05, 0.1) is 37.9 Å². The zero-order chi connectivity index (χ0) is 21.3. The zero-order valence-corrected chi connectivity index (χ0v) is 17.6. The highest BCUT2D eigenvalue weighted by atomic mass is 16.5. The van der Waals surface area contributed by atoms with Gasteiger partial charge in [-0.2, -0.15) is 4.58 Å². The smallest absolute Gasteiger partial charge is 0.335 e. The molecular weight excluding hydrogens is 370 g/mol. The van der Waals surface area contributed by atoms with E-state index in [9.17, 15) is 9.90 Å². The quantitative estimate of drug-likeness (QED) is 0.744. The van der Waals surface area contributed by atoms with Crippen molar-refractivity contribution < 1.29 is 28.7 Å². The Labute approximate surface area is 170 Å². The molecule has 1 heterocycles. The normalized spacial score (nSPS) is 14.8. The molecule has 0 saturated carbocycles. The zero-order valence-electron chi connectivity index (χ0n) is 17.6. The fourth-order valence-corrected chi connectivity index (χ4v) is 3.83. The number of fused-ring (bicyclic) bond motifs is 1. The van der Waals surface area contributed by atoms with Crippen molar-refractivity contribution in [3.05, 3.63) is 53.1 Å². The molecule has 0 amide bonds. The number of methoxy groups -OCH3 is 3. The molecule has 6 heteroatoms. The third kappa shape index (κ3) is 3.46. The van der Waals surface area contributed by atoms with Crippen molar-refractivity contribution in [1.82, 2.24) is 0 Å². The lowest BCUT2D eigenvalue weighted by atomic mass is 9.80. The lowest BCUT2D eigenvalue weighted by Gasteiger charge is -2.16. The molecule has 0 aliphatic carbocycles. The van der Waals surface area contributed by atoms with Crippen molar-refractivity contribution in [1.29, 1.82) is 0 Å². The summed E-state index contributed by atoms with van der Waals surface area (Å²) in [5, 5.41) is 9.36. The fourth-order valence-electron chi connectivity index (χ4n) is 3.83. The summed E-state index contributed by atoms with van der Waals surface area (Å²) in [6.07, 6.45) is 3.97. The number of allylic oxidation sites excluding steroid dienone is 1. The molecule has 2 aromatic rings. The number of hydrogen-bond acceptors (Lipinski definition) is 4. The van der Waals surface area contributed by atoms with E-state index in [2.05, 4.69) is 18.4 Å². The van der Waals surface area contributed by atoms with E-state index < -0.39 is 5.97 Å². The maximum absolute atomic E-state index is 11.4. The predicted octanol–water partition coefficient (Wildman–Crippen LogP) is 4.13. The van der Waals surface area contributed by atoms with Gasteiger partial charge in [0.15, 0.2) is 5.71 Å². The fraction of sp³-hybridized carbons (Fsp3) is 0.304. The summed E-state index contributed by atoms with van der Waals surface area (Å²) in [5.41, 5.74) is 3.74. The molecule has 0 aromatic heterocycles. The van der Waals surface area contributed by atoms with Crippen LogP contribution in [0.3, 0.4) is 0 Å². The van der Waals surface area contributed by atoms with Crippen LogP contribution in [0.25, 0.3) is 6.08 Å². The Hall–Kier alpha value is -3.28. The highest BCUT2D eigenvalue weighted by Crippen LogP contribution is 2.41. The average molecular weight is 396 g/mol. The van der Waals surface area contributed by atoms with Gasteiger partial charge in [-0.15, -0.1) is 0 Å². The average Bonchev–Trinajstić information content (AvgIpc) is 2.90. The summed E-state index contributed by atoms with van der Waals surface area (Å²) in [4.78, 5) is 11.4. The first kappa shape index (κ1) is 20.5. The van der Waals surface area contributed by atoms with Crippen molar-refractivity contribution >= 4 is 23.4 Å². The molecule has 1 aliphatic rings. The Morgan fingerprint density at radius 3 is 2.14 bits per heavy atom. The molecule has 0 spiro atoms. The van der Waals surface area contributed by atoms with Gasteiger partial charge in [-0.05, 0) is 32.1 Å². The molecule has 29 heavy (non-hydrogen) atoms. The first-order valence-corrected chi connectivity index (χ1v) is 9.21. The van der Waals surface area contributed by atoms with Gasteiger partial charge in [0.25, 0.3) is 0 Å². The number of carbonyl (C=O) groups is 1. The van der Waals surface area contributed by atoms with E-state index in [0.717, 1.165) is 22.5 Å². The lowest BCUT2D eigenvalue weighted by Crippen LogP contribution is -2.26. The van der Waals surface area contributed by atoms with Crippen LogP contribution >= 0.6 is 0 Å². The van der Waals surface area contributed by atoms with Crippen LogP contribution in [0.2, 0.25) is 0 Å².